The molecule has 0 unspecified atom stereocenters. The van der Waals surface area contributed by atoms with Crippen LogP contribution >= 0.6 is 43.5 Å². The third kappa shape index (κ3) is 2.64. The molecule has 0 atom stereocenters. The predicted octanol–water partition coefficient (Wildman–Crippen LogP) is 4.98. The smallest absolute Gasteiger partial charge is 0.202 e. The van der Waals surface area contributed by atoms with Crippen LogP contribution in [0.1, 0.15) is 12.5 Å². The summed E-state index contributed by atoms with van der Waals surface area (Å²) in [6.45, 7) is 0.839. The van der Waals surface area contributed by atoms with Crippen molar-refractivity contribution in [2.45, 2.75) is 12.8 Å². The van der Waals surface area contributed by atoms with Gasteiger partial charge >= 0.3 is 0 Å². The van der Waals surface area contributed by atoms with E-state index in [4.69, 9.17) is 11.6 Å². The first-order valence-corrected chi connectivity index (χ1v) is 5.31. The average Bonchev–Trinajstić information content (AvgIpc) is 1.78. The van der Waals surface area contributed by atoms with E-state index >= 15 is 0 Å². The van der Waals surface area contributed by atoms with Crippen molar-refractivity contribution in [2.24, 2.45) is 0 Å². The third-order valence-corrected chi connectivity index (χ3v) is 2.91. The fourth-order valence-corrected chi connectivity index (χ4v) is 3.33. The Bertz CT molecular complexity index is 310. The molecule has 0 fully saturated rings. The van der Waals surface area contributed by atoms with Crippen LogP contribution in [-0.2, 0) is 5.92 Å². The highest BCUT2D eigenvalue weighted by Crippen LogP contribution is 2.39. The van der Waals surface area contributed by atoms with E-state index in [0.29, 0.717) is 14.0 Å². The van der Waals surface area contributed by atoms with Crippen molar-refractivity contribution in [1.82, 2.24) is 0 Å². The molecule has 0 aliphatic rings. The number of halogens is 5. The quantitative estimate of drug-likeness (QED) is 0.680. The van der Waals surface area contributed by atoms with Gasteiger partial charge < -0.3 is 0 Å². The van der Waals surface area contributed by atoms with Crippen molar-refractivity contribution in [2.75, 3.05) is 0 Å². The van der Waals surface area contributed by atoms with Gasteiger partial charge in [0, 0.05) is 26.5 Å². The molecule has 1 aromatic rings. The number of hydrogen-bond acceptors (Lipinski definition) is 0. The molecule has 0 spiro atoms. The molecule has 5 heteroatoms. The molecule has 0 bridgehead atoms. The van der Waals surface area contributed by atoms with Gasteiger partial charge in [-0.05, 0) is 12.1 Å². The maximum Gasteiger partial charge on any atom is 0.272 e. The topological polar surface area (TPSA) is 0 Å². The summed E-state index contributed by atoms with van der Waals surface area (Å²) in [6, 6.07) is 2.89. The first kappa shape index (κ1) is 11.4. The molecule has 0 aliphatic carbocycles. The van der Waals surface area contributed by atoms with Gasteiger partial charge in [-0.3, -0.25) is 0 Å². The zero-order valence-corrected chi connectivity index (χ0v) is 10.5. The summed E-state index contributed by atoms with van der Waals surface area (Å²) < 4.78 is 26.6. The standard InChI is InChI=1S/C8H5Br2ClF2/c1-8(12,13)7-5(9)2-4(11)3-6(7)10/h2-3H,1H3. The molecule has 0 amide bonds. The van der Waals surface area contributed by atoms with E-state index in [-0.39, 0.29) is 5.56 Å². The van der Waals surface area contributed by atoms with Crippen molar-refractivity contribution in [3.8, 4) is 0 Å². The molecule has 0 radical (unpaired) electrons. The Morgan fingerprint density at radius 1 is 1.23 bits per heavy atom. The van der Waals surface area contributed by atoms with Crippen LogP contribution in [0, 0.1) is 0 Å². The second-order valence-electron chi connectivity index (χ2n) is 2.63. The minimum Gasteiger partial charge on any atom is -0.202 e. The molecular weight excluding hydrogens is 329 g/mol. The lowest BCUT2D eigenvalue weighted by molar-refractivity contribution is 0.0159. The normalized spacial score (nSPS) is 11.8. The summed E-state index contributed by atoms with van der Waals surface area (Å²) in [5.41, 5.74) is -0.0862. The second-order valence-corrected chi connectivity index (χ2v) is 4.78. The van der Waals surface area contributed by atoms with E-state index in [1.807, 2.05) is 0 Å². The van der Waals surface area contributed by atoms with Gasteiger partial charge in [0.25, 0.3) is 5.92 Å². The van der Waals surface area contributed by atoms with Gasteiger partial charge in [0.2, 0.25) is 0 Å². The summed E-state index contributed by atoms with van der Waals surface area (Å²) in [5.74, 6) is -2.89. The maximum absolute atomic E-state index is 13.0. The van der Waals surface area contributed by atoms with E-state index in [1.165, 1.54) is 12.1 Å². The van der Waals surface area contributed by atoms with E-state index in [1.54, 1.807) is 0 Å². The lowest BCUT2D eigenvalue weighted by Crippen LogP contribution is -2.09. The van der Waals surface area contributed by atoms with E-state index in [9.17, 15) is 8.78 Å². The van der Waals surface area contributed by atoms with Crippen LogP contribution in [0.25, 0.3) is 0 Å². The lowest BCUT2D eigenvalue weighted by Gasteiger charge is -2.14. The Kier molecular flexibility index (Phi) is 3.36. The zero-order chi connectivity index (χ0) is 10.2. The van der Waals surface area contributed by atoms with Gasteiger partial charge in [-0.1, -0.05) is 43.5 Å². The largest absolute Gasteiger partial charge is 0.272 e. The first-order valence-electron chi connectivity index (χ1n) is 3.35. The Morgan fingerprint density at radius 3 is 1.92 bits per heavy atom. The van der Waals surface area contributed by atoms with Gasteiger partial charge in [-0.2, -0.15) is 0 Å². The van der Waals surface area contributed by atoms with Gasteiger partial charge in [-0.25, -0.2) is 8.78 Å². The van der Waals surface area contributed by atoms with Gasteiger partial charge in [0.05, 0.1) is 0 Å². The van der Waals surface area contributed by atoms with E-state index in [0.717, 1.165) is 6.92 Å². The molecule has 0 saturated heterocycles. The second kappa shape index (κ2) is 3.83. The van der Waals surface area contributed by atoms with Crippen LogP contribution in [-0.4, -0.2) is 0 Å². The predicted molar refractivity (Wildman–Crippen MR) is 56.4 cm³/mol. The van der Waals surface area contributed by atoms with Crippen molar-refractivity contribution < 1.29 is 8.78 Å². The molecule has 0 heterocycles. The molecule has 72 valence electrons. The Morgan fingerprint density at radius 2 is 1.62 bits per heavy atom. The minimum atomic E-state index is -2.89. The zero-order valence-electron chi connectivity index (χ0n) is 6.54. The van der Waals surface area contributed by atoms with Crippen LogP contribution in [0.2, 0.25) is 5.02 Å². The third-order valence-electron chi connectivity index (χ3n) is 1.45. The molecule has 0 aromatic heterocycles. The summed E-state index contributed by atoms with van der Waals surface area (Å²) in [7, 11) is 0. The average molecular weight is 334 g/mol. The molecular formula is C8H5Br2ClF2. The maximum atomic E-state index is 13.0. The number of hydrogen-bond donors (Lipinski definition) is 0. The van der Waals surface area contributed by atoms with Crippen LogP contribution in [0.4, 0.5) is 8.78 Å². The summed E-state index contributed by atoms with van der Waals surface area (Å²) in [6.07, 6.45) is 0. The summed E-state index contributed by atoms with van der Waals surface area (Å²) in [5, 5.41) is 0.409. The molecule has 0 aliphatic heterocycles. The SMILES string of the molecule is CC(F)(F)c1c(Br)cc(Cl)cc1Br. The van der Waals surface area contributed by atoms with Crippen molar-refractivity contribution in [1.29, 1.82) is 0 Å². The summed E-state index contributed by atoms with van der Waals surface area (Å²) in [4.78, 5) is 0. The monoisotopic (exact) mass is 332 g/mol. The molecule has 13 heavy (non-hydrogen) atoms. The Balaban J connectivity index is 3.38. The number of rotatable bonds is 1. The fourth-order valence-electron chi connectivity index (χ4n) is 0.962. The highest BCUT2D eigenvalue weighted by atomic mass is 79.9. The molecule has 0 saturated carbocycles. The van der Waals surface area contributed by atoms with Crippen molar-refractivity contribution in [3.63, 3.8) is 0 Å². The molecule has 0 N–H and O–H groups in total. The number of benzene rings is 1. The van der Waals surface area contributed by atoms with Gasteiger partial charge in [-0.15, -0.1) is 0 Å². The first-order chi connectivity index (χ1) is 5.82. The van der Waals surface area contributed by atoms with Crippen LogP contribution in [0.15, 0.2) is 21.1 Å². The lowest BCUT2D eigenvalue weighted by atomic mass is 10.1. The van der Waals surface area contributed by atoms with Crippen molar-refractivity contribution in [3.05, 3.63) is 31.7 Å². The molecule has 0 nitrogen and oxygen atoms in total. The van der Waals surface area contributed by atoms with Gasteiger partial charge in [0.15, 0.2) is 0 Å². The number of alkyl halides is 2. The highest BCUT2D eigenvalue weighted by Gasteiger charge is 2.29. The molecule has 1 rings (SSSR count). The van der Waals surface area contributed by atoms with Crippen LogP contribution < -0.4 is 0 Å². The van der Waals surface area contributed by atoms with E-state index in [2.05, 4.69) is 31.9 Å². The van der Waals surface area contributed by atoms with E-state index < -0.39 is 5.92 Å². The fraction of sp³-hybridized carbons (Fsp3) is 0.250. The van der Waals surface area contributed by atoms with Crippen LogP contribution in [0.5, 0.6) is 0 Å². The van der Waals surface area contributed by atoms with Gasteiger partial charge in [0.1, 0.15) is 0 Å². The highest BCUT2D eigenvalue weighted by molar-refractivity contribution is 9.11. The van der Waals surface area contributed by atoms with Crippen LogP contribution in [0.3, 0.4) is 0 Å². The van der Waals surface area contributed by atoms with Crippen molar-refractivity contribution >= 4 is 43.5 Å². The summed E-state index contributed by atoms with van der Waals surface area (Å²) >= 11 is 11.7. The Hall–Kier alpha value is 0.330. The Labute approximate surface area is 96.5 Å². The minimum absolute atomic E-state index is 0.0862. The molecule has 1 aromatic carbocycles.